The predicted octanol–water partition coefficient (Wildman–Crippen LogP) is 2.22. The molecular formula is C10H5FIN3O4. The fourth-order valence-corrected chi connectivity index (χ4v) is 2.02. The Hall–Kier alpha value is -2.04. The zero-order chi connectivity index (χ0) is 14.2. The summed E-state index contributed by atoms with van der Waals surface area (Å²) in [6.07, 6.45) is 1.33. The molecule has 0 amide bonds. The van der Waals surface area contributed by atoms with Gasteiger partial charge in [0.25, 0.3) is 5.69 Å². The SMILES string of the molecule is O=C(O)c1nn(-c2ccc([N+](=O)[O-])cc2F)cc1I. The van der Waals surface area contributed by atoms with E-state index in [1.807, 2.05) is 0 Å². The molecule has 19 heavy (non-hydrogen) atoms. The van der Waals surface area contributed by atoms with E-state index in [0.717, 1.165) is 16.8 Å². The summed E-state index contributed by atoms with van der Waals surface area (Å²) < 4.78 is 15.1. The van der Waals surface area contributed by atoms with E-state index in [1.54, 1.807) is 22.6 Å². The lowest BCUT2D eigenvalue weighted by Crippen LogP contribution is -2.03. The third-order valence-electron chi connectivity index (χ3n) is 2.26. The molecule has 0 saturated heterocycles. The topological polar surface area (TPSA) is 98.3 Å². The van der Waals surface area contributed by atoms with Crippen molar-refractivity contribution in [2.75, 3.05) is 0 Å². The number of rotatable bonds is 3. The molecule has 1 heterocycles. The number of nitro groups is 1. The predicted molar refractivity (Wildman–Crippen MR) is 69.9 cm³/mol. The van der Waals surface area contributed by atoms with Crippen LogP contribution in [0.25, 0.3) is 5.69 Å². The molecule has 0 bridgehead atoms. The minimum Gasteiger partial charge on any atom is -0.476 e. The lowest BCUT2D eigenvalue weighted by Gasteiger charge is -2.02. The molecule has 1 aromatic heterocycles. The standard InChI is InChI=1S/C10H5FIN3O4/c11-6-3-5(15(18)19)1-2-8(6)14-4-7(12)9(13-14)10(16)17/h1-4H,(H,16,17). The smallest absolute Gasteiger partial charge is 0.357 e. The van der Waals surface area contributed by atoms with Gasteiger partial charge in [-0.05, 0) is 28.7 Å². The maximum absolute atomic E-state index is 13.7. The number of carboxylic acids is 1. The van der Waals surface area contributed by atoms with Gasteiger partial charge in [0, 0.05) is 12.3 Å². The van der Waals surface area contributed by atoms with Crippen LogP contribution < -0.4 is 0 Å². The number of benzene rings is 1. The quantitative estimate of drug-likeness (QED) is 0.503. The average molecular weight is 377 g/mol. The van der Waals surface area contributed by atoms with Gasteiger partial charge in [0.15, 0.2) is 11.5 Å². The zero-order valence-corrected chi connectivity index (χ0v) is 11.2. The van der Waals surface area contributed by atoms with Crippen LogP contribution in [0.5, 0.6) is 0 Å². The molecule has 1 N–H and O–H groups in total. The molecule has 0 fully saturated rings. The van der Waals surface area contributed by atoms with Crippen LogP contribution in [-0.2, 0) is 0 Å². The van der Waals surface area contributed by atoms with Crippen molar-refractivity contribution in [1.29, 1.82) is 0 Å². The monoisotopic (exact) mass is 377 g/mol. The van der Waals surface area contributed by atoms with E-state index < -0.39 is 16.7 Å². The van der Waals surface area contributed by atoms with Crippen molar-refractivity contribution in [3.05, 3.63) is 49.6 Å². The Morgan fingerprint density at radius 3 is 2.68 bits per heavy atom. The van der Waals surface area contributed by atoms with Crippen molar-refractivity contribution in [3.63, 3.8) is 0 Å². The molecule has 0 aliphatic carbocycles. The molecule has 9 heteroatoms. The summed E-state index contributed by atoms with van der Waals surface area (Å²) in [5, 5.41) is 23.0. The van der Waals surface area contributed by atoms with E-state index in [4.69, 9.17) is 5.11 Å². The zero-order valence-electron chi connectivity index (χ0n) is 9.08. The second-order valence-electron chi connectivity index (χ2n) is 3.47. The first-order valence-electron chi connectivity index (χ1n) is 4.83. The maximum atomic E-state index is 13.7. The summed E-state index contributed by atoms with van der Waals surface area (Å²) in [6.45, 7) is 0. The Kier molecular flexibility index (Phi) is 3.46. The molecule has 2 aromatic rings. The highest BCUT2D eigenvalue weighted by Crippen LogP contribution is 2.21. The van der Waals surface area contributed by atoms with Gasteiger partial charge in [-0.15, -0.1) is 0 Å². The number of aromatic carboxylic acids is 1. The number of hydrogen-bond donors (Lipinski definition) is 1. The van der Waals surface area contributed by atoms with Crippen LogP contribution in [0.3, 0.4) is 0 Å². The van der Waals surface area contributed by atoms with Gasteiger partial charge in [-0.1, -0.05) is 0 Å². The molecule has 0 radical (unpaired) electrons. The van der Waals surface area contributed by atoms with Gasteiger partial charge >= 0.3 is 5.97 Å². The highest BCUT2D eigenvalue weighted by atomic mass is 127. The molecule has 0 spiro atoms. The van der Waals surface area contributed by atoms with Crippen molar-refractivity contribution in [1.82, 2.24) is 9.78 Å². The maximum Gasteiger partial charge on any atom is 0.357 e. The summed E-state index contributed by atoms with van der Waals surface area (Å²) in [4.78, 5) is 20.6. The molecule has 7 nitrogen and oxygen atoms in total. The summed E-state index contributed by atoms with van der Waals surface area (Å²) in [5.74, 6) is -2.09. The Labute approximate surface area is 118 Å². The Morgan fingerprint density at radius 2 is 2.21 bits per heavy atom. The summed E-state index contributed by atoms with van der Waals surface area (Å²) in [7, 11) is 0. The van der Waals surface area contributed by atoms with Crippen LogP contribution in [0.1, 0.15) is 10.5 Å². The van der Waals surface area contributed by atoms with Crippen molar-refractivity contribution >= 4 is 34.2 Å². The number of nitro benzene ring substituents is 1. The van der Waals surface area contributed by atoms with Gasteiger partial charge in [0.05, 0.1) is 14.6 Å². The van der Waals surface area contributed by atoms with Gasteiger partial charge in [0.1, 0.15) is 5.69 Å². The molecule has 0 saturated carbocycles. The number of hydrogen-bond acceptors (Lipinski definition) is 4. The van der Waals surface area contributed by atoms with Gasteiger partial charge in [-0.3, -0.25) is 10.1 Å². The van der Waals surface area contributed by atoms with Crippen LogP contribution in [0, 0.1) is 19.5 Å². The molecule has 1 aromatic carbocycles. The fourth-order valence-electron chi connectivity index (χ4n) is 1.42. The van der Waals surface area contributed by atoms with E-state index in [0.29, 0.717) is 3.57 Å². The number of aromatic nitrogens is 2. The fraction of sp³-hybridized carbons (Fsp3) is 0. The highest BCUT2D eigenvalue weighted by Gasteiger charge is 2.17. The Morgan fingerprint density at radius 1 is 1.53 bits per heavy atom. The Bertz CT molecular complexity index is 685. The molecule has 2 rings (SSSR count). The van der Waals surface area contributed by atoms with Crippen molar-refractivity contribution in [3.8, 4) is 5.69 Å². The molecule has 0 unspecified atom stereocenters. The average Bonchev–Trinajstić information content (AvgIpc) is 2.71. The second kappa shape index (κ2) is 4.91. The summed E-state index contributed by atoms with van der Waals surface area (Å²) in [6, 6.07) is 3.04. The van der Waals surface area contributed by atoms with Crippen molar-refractivity contribution in [2.24, 2.45) is 0 Å². The first kappa shape index (κ1) is 13.4. The number of carbonyl (C=O) groups is 1. The van der Waals surface area contributed by atoms with E-state index in [1.165, 1.54) is 12.3 Å². The van der Waals surface area contributed by atoms with Gasteiger partial charge < -0.3 is 5.11 Å². The number of nitrogens with zero attached hydrogens (tertiary/aromatic N) is 3. The number of non-ortho nitro benzene ring substituents is 1. The normalized spacial score (nSPS) is 10.4. The first-order valence-corrected chi connectivity index (χ1v) is 5.91. The lowest BCUT2D eigenvalue weighted by atomic mass is 10.2. The minimum absolute atomic E-state index is 0.0592. The lowest BCUT2D eigenvalue weighted by molar-refractivity contribution is -0.385. The largest absolute Gasteiger partial charge is 0.476 e. The van der Waals surface area contributed by atoms with E-state index in [9.17, 15) is 19.3 Å². The van der Waals surface area contributed by atoms with Crippen LogP contribution in [0.4, 0.5) is 10.1 Å². The Balaban J connectivity index is 2.50. The van der Waals surface area contributed by atoms with Crippen molar-refractivity contribution < 1.29 is 19.2 Å². The summed E-state index contributed by atoms with van der Waals surface area (Å²) >= 11 is 1.76. The summed E-state index contributed by atoms with van der Waals surface area (Å²) in [5.41, 5.74) is -0.657. The third-order valence-corrected chi connectivity index (χ3v) is 3.05. The number of carboxylic acid groups (broad SMARTS) is 1. The first-order chi connectivity index (χ1) is 8.90. The molecule has 0 aliphatic rings. The van der Waals surface area contributed by atoms with Gasteiger partial charge in [-0.25, -0.2) is 13.9 Å². The number of halogens is 2. The van der Waals surface area contributed by atoms with Gasteiger partial charge in [-0.2, -0.15) is 5.10 Å². The van der Waals surface area contributed by atoms with E-state index in [2.05, 4.69) is 5.10 Å². The minimum atomic E-state index is -1.23. The van der Waals surface area contributed by atoms with E-state index in [-0.39, 0.29) is 17.1 Å². The molecular weight excluding hydrogens is 372 g/mol. The third kappa shape index (κ3) is 2.54. The van der Waals surface area contributed by atoms with Gasteiger partial charge in [0.2, 0.25) is 0 Å². The molecule has 0 aliphatic heterocycles. The van der Waals surface area contributed by atoms with Crippen LogP contribution >= 0.6 is 22.6 Å². The molecule has 98 valence electrons. The van der Waals surface area contributed by atoms with Crippen LogP contribution in [-0.4, -0.2) is 25.8 Å². The van der Waals surface area contributed by atoms with Crippen LogP contribution in [0.2, 0.25) is 0 Å². The van der Waals surface area contributed by atoms with Crippen LogP contribution in [0.15, 0.2) is 24.4 Å². The highest BCUT2D eigenvalue weighted by molar-refractivity contribution is 14.1. The van der Waals surface area contributed by atoms with Crippen molar-refractivity contribution in [2.45, 2.75) is 0 Å². The second-order valence-corrected chi connectivity index (χ2v) is 4.63. The molecule has 0 atom stereocenters. The van der Waals surface area contributed by atoms with E-state index >= 15 is 0 Å².